The van der Waals surface area contributed by atoms with Crippen LogP contribution in [0.2, 0.25) is 0 Å². The monoisotopic (exact) mass is 235 g/mol. The number of aryl methyl sites for hydroxylation is 1. The Bertz CT molecular complexity index is 411. The number of nitrogens with zero attached hydrogens (tertiary/aromatic N) is 2. The highest BCUT2D eigenvalue weighted by atomic mass is 16.2. The van der Waals surface area contributed by atoms with Gasteiger partial charge in [0.1, 0.15) is 5.69 Å². The van der Waals surface area contributed by atoms with Crippen molar-refractivity contribution in [1.82, 2.24) is 14.8 Å². The molecule has 1 atom stereocenters. The average molecular weight is 235 g/mol. The second kappa shape index (κ2) is 4.92. The summed E-state index contributed by atoms with van der Waals surface area (Å²) in [6.45, 7) is 4.78. The van der Waals surface area contributed by atoms with Crippen LogP contribution in [0, 0.1) is 12.8 Å². The third kappa shape index (κ3) is 2.36. The van der Waals surface area contributed by atoms with Crippen LogP contribution < -0.4 is 5.32 Å². The van der Waals surface area contributed by atoms with Crippen LogP contribution in [0.3, 0.4) is 0 Å². The fraction of sp³-hybridized carbons (Fsp3) is 0.615. The number of carbonyl (C=O) groups is 1. The number of aromatic nitrogens is 1. The van der Waals surface area contributed by atoms with Gasteiger partial charge in [-0.25, -0.2) is 0 Å². The Hall–Kier alpha value is -1.29. The predicted molar refractivity (Wildman–Crippen MR) is 68.1 cm³/mol. The first-order chi connectivity index (χ1) is 8.13. The first-order valence-electron chi connectivity index (χ1n) is 6.19. The lowest BCUT2D eigenvalue weighted by molar-refractivity contribution is 0.0777. The number of carbonyl (C=O) groups excluding carboxylic acids is 1. The van der Waals surface area contributed by atoms with E-state index in [2.05, 4.69) is 5.32 Å². The molecule has 1 fully saturated rings. The zero-order valence-electron chi connectivity index (χ0n) is 10.9. The van der Waals surface area contributed by atoms with E-state index in [0.717, 1.165) is 37.4 Å². The van der Waals surface area contributed by atoms with Gasteiger partial charge in [-0.05, 0) is 45.0 Å². The fourth-order valence-electron chi connectivity index (χ4n) is 2.46. The Morgan fingerprint density at radius 2 is 2.29 bits per heavy atom. The third-order valence-corrected chi connectivity index (χ3v) is 3.66. The zero-order chi connectivity index (χ0) is 12.4. The van der Waals surface area contributed by atoms with Crippen LogP contribution in [0.1, 0.15) is 22.6 Å². The Morgan fingerprint density at radius 3 is 2.88 bits per heavy atom. The van der Waals surface area contributed by atoms with Crippen molar-refractivity contribution in [1.29, 1.82) is 0 Å². The lowest BCUT2D eigenvalue weighted by Crippen LogP contribution is -2.31. The molecular formula is C13H21N3O. The molecule has 4 nitrogen and oxygen atoms in total. The highest BCUT2D eigenvalue weighted by Crippen LogP contribution is 2.18. The van der Waals surface area contributed by atoms with Gasteiger partial charge in [0.15, 0.2) is 0 Å². The third-order valence-electron chi connectivity index (χ3n) is 3.66. The Kier molecular flexibility index (Phi) is 3.52. The van der Waals surface area contributed by atoms with E-state index in [1.54, 1.807) is 0 Å². The van der Waals surface area contributed by atoms with Crippen molar-refractivity contribution in [3.8, 4) is 0 Å². The molecule has 1 unspecified atom stereocenters. The molecule has 17 heavy (non-hydrogen) atoms. The van der Waals surface area contributed by atoms with Gasteiger partial charge in [-0.1, -0.05) is 0 Å². The minimum absolute atomic E-state index is 0.166. The van der Waals surface area contributed by atoms with E-state index >= 15 is 0 Å². The molecule has 1 saturated heterocycles. The van der Waals surface area contributed by atoms with E-state index in [4.69, 9.17) is 0 Å². The van der Waals surface area contributed by atoms with Gasteiger partial charge < -0.3 is 14.8 Å². The molecule has 1 aromatic heterocycles. The zero-order valence-corrected chi connectivity index (χ0v) is 10.9. The Balaban J connectivity index is 2.04. The minimum Gasteiger partial charge on any atom is -0.344 e. The van der Waals surface area contributed by atoms with Gasteiger partial charge in [0.25, 0.3) is 5.91 Å². The summed E-state index contributed by atoms with van der Waals surface area (Å²) in [6.07, 6.45) is 1.11. The van der Waals surface area contributed by atoms with Crippen molar-refractivity contribution in [2.24, 2.45) is 13.0 Å². The summed E-state index contributed by atoms with van der Waals surface area (Å²) < 4.78 is 1.97. The molecule has 2 rings (SSSR count). The largest absolute Gasteiger partial charge is 0.344 e. The van der Waals surface area contributed by atoms with E-state index < -0.39 is 0 Å². The van der Waals surface area contributed by atoms with Gasteiger partial charge in [-0.2, -0.15) is 0 Å². The van der Waals surface area contributed by atoms with Gasteiger partial charge in [0.2, 0.25) is 0 Å². The van der Waals surface area contributed by atoms with E-state index in [1.165, 1.54) is 0 Å². The van der Waals surface area contributed by atoms with Crippen molar-refractivity contribution < 1.29 is 4.79 Å². The smallest absolute Gasteiger partial charge is 0.270 e. The van der Waals surface area contributed by atoms with Crippen LogP contribution in [-0.2, 0) is 7.05 Å². The summed E-state index contributed by atoms with van der Waals surface area (Å²) in [5.74, 6) is 0.768. The quantitative estimate of drug-likeness (QED) is 0.849. The normalized spacial score (nSPS) is 19.9. The first-order valence-corrected chi connectivity index (χ1v) is 6.19. The topological polar surface area (TPSA) is 37.3 Å². The molecule has 0 spiro atoms. The molecule has 1 amide bonds. The van der Waals surface area contributed by atoms with Gasteiger partial charge >= 0.3 is 0 Å². The van der Waals surface area contributed by atoms with Gasteiger partial charge in [-0.3, -0.25) is 4.79 Å². The molecular weight excluding hydrogens is 214 g/mol. The number of amides is 1. The molecule has 4 heteroatoms. The molecule has 2 heterocycles. The number of nitrogens with one attached hydrogen (secondary N) is 1. The number of hydrogen-bond acceptors (Lipinski definition) is 2. The highest BCUT2D eigenvalue weighted by Gasteiger charge is 2.27. The summed E-state index contributed by atoms with van der Waals surface area (Å²) >= 11 is 0. The van der Waals surface area contributed by atoms with Crippen molar-refractivity contribution in [2.45, 2.75) is 13.3 Å². The Labute approximate surface area is 103 Å². The molecule has 1 aliphatic rings. The second-order valence-electron chi connectivity index (χ2n) is 4.88. The van der Waals surface area contributed by atoms with Crippen LogP contribution in [0.5, 0.6) is 0 Å². The maximum absolute atomic E-state index is 12.3. The second-order valence-corrected chi connectivity index (χ2v) is 4.88. The van der Waals surface area contributed by atoms with Crippen molar-refractivity contribution in [2.75, 3.05) is 26.7 Å². The lowest BCUT2D eigenvalue weighted by atomic mass is 10.1. The SMILES string of the molecule is CNCC1CCN(C(=O)c2ccc(C)n2C)C1. The fourth-order valence-corrected chi connectivity index (χ4v) is 2.46. The number of hydrogen-bond donors (Lipinski definition) is 1. The van der Waals surface area contributed by atoms with Crippen LogP contribution in [0.15, 0.2) is 12.1 Å². The van der Waals surface area contributed by atoms with Gasteiger partial charge in [0.05, 0.1) is 0 Å². The summed E-state index contributed by atoms with van der Waals surface area (Å²) in [4.78, 5) is 14.3. The predicted octanol–water partition coefficient (Wildman–Crippen LogP) is 1.02. The number of likely N-dealkylation sites (tertiary alicyclic amines) is 1. The molecule has 0 aliphatic carbocycles. The molecule has 0 saturated carbocycles. The lowest BCUT2D eigenvalue weighted by Gasteiger charge is -2.17. The van der Waals surface area contributed by atoms with E-state index in [0.29, 0.717) is 5.92 Å². The van der Waals surface area contributed by atoms with E-state index in [9.17, 15) is 4.79 Å². The molecule has 0 bridgehead atoms. The standard InChI is InChI=1S/C13H21N3O/c1-10-4-5-12(15(10)3)13(17)16-7-6-11(9-16)8-14-2/h4-5,11,14H,6-9H2,1-3H3. The average Bonchev–Trinajstić information content (AvgIpc) is 2.88. The highest BCUT2D eigenvalue weighted by molar-refractivity contribution is 5.93. The van der Waals surface area contributed by atoms with Crippen molar-refractivity contribution >= 4 is 5.91 Å². The minimum atomic E-state index is 0.166. The summed E-state index contributed by atoms with van der Waals surface area (Å²) in [7, 11) is 3.91. The molecule has 0 radical (unpaired) electrons. The molecule has 94 valence electrons. The van der Waals surface area contributed by atoms with Crippen molar-refractivity contribution in [3.63, 3.8) is 0 Å². The van der Waals surface area contributed by atoms with Crippen LogP contribution in [0.4, 0.5) is 0 Å². The first kappa shape index (κ1) is 12.2. The van der Waals surface area contributed by atoms with Gasteiger partial charge in [0, 0.05) is 25.8 Å². The molecule has 0 aromatic carbocycles. The molecule has 1 aliphatic heterocycles. The molecule has 1 N–H and O–H groups in total. The van der Waals surface area contributed by atoms with Crippen LogP contribution in [0.25, 0.3) is 0 Å². The van der Waals surface area contributed by atoms with Crippen molar-refractivity contribution in [3.05, 3.63) is 23.5 Å². The summed E-state index contributed by atoms with van der Waals surface area (Å²) in [5, 5.41) is 3.18. The summed E-state index contributed by atoms with van der Waals surface area (Å²) in [5.41, 5.74) is 1.92. The number of rotatable bonds is 3. The maximum atomic E-state index is 12.3. The van der Waals surface area contributed by atoms with E-state index in [-0.39, 0.29) is 5.91 Å². The van der Waals surface area contributed by atoms with Crippen LogP contribution >= 0.6 is 0 Å². The molecule has 1 aromatic rings. The van der Waals surface area contributed by atoms with Crippen LogP contribution in [-0.4, -0.2) is 42.1 Å². The Morgan fingerprint density at radius 1 is 1.53 bits per heavy atom. The van der Waals surface area contributed by atoms with E-state index in [1.807, 2.05) is 42.6 Å². The summed E-state index contributed by atoms with van der Waals surface area (Å²) in [6, 6.07) is 3.91. The maximum Gasteiger partial charge on any atom is 0.270 e. The van der Waals surface area contributed by atoms with Gasteiger partial charge in [-0.15, -0.1) is 0 Å².